The van der Waals surface area contributed by atoms with Crippen molar-refractivity contribution in [3.8, 4) is 28.7 Å². The second-order valence-corrected chi connectivity index (χ2v) is 9.25. The van der Waals surface area contributed by atoms with Crippen LogP contribution in [0.15, 0.2) is 42.6 Å². The lowest BCUT2D eigenvalue weighted by Gasteiger charge is -2.16. The van der Waals surface area contributed by atoms with Gasteiger partial charge >= 0.3 is 6.03 Å². The summed E-state index contributed by atoms with van der Waals surface area (Å²) in [5.41, 5.74) is 2.18. The number of carbonyl (C=O) groups is 1. The number of carbonyl (C=O) groups excluding carboxylic acids is 1. The first-order chi connectivity index (χ1) is 17.3. The lowest BCUT2D eigenvalue weighted by Crippen LogP contribution is -2.31. The summed E-state index contributed by atoms with van der Waals surface area (Å²) < 4.78 is 22.4. The van der Waals surface area contributed by atoms with Gasteiger partial charge in [0.05, 0.1) is 44.3 Å². The Morgan fingerprint density at radius 1 is 0.944 bits per heavy atom. The Labute approximate surface area is 213 Å². The van der Waals surface area contributed by atoms with Crippen LogP contribution < -0.4 is 29.6 Å². The van der Waals surface area contributed by atoms with Gasteiger partial charge in [-0.25, -0.2) is 9.78 Å². The lowest BCUT2D eigenvalue weighted by atomic mass is 10.2. The number of hydrogen-bond donors (Lipinski definition) is 2. The molecular weight excluding hydrogens is 480 g/mol. The Kier molecular flexibility index (Phi) is 7.44. The summed E-state index contributed by atoms with van der Waals surface area (Å²) in [6.07, 6.45) is 1.66. The molecule has 2 heterocycles. The van der Waals surface area contributed by atoms with E-state index < -0.39 is 0 Å². The maximum atomic E-state index is 12.6. The number of urea groups is 1. The van der Waals surface area contributed by atoms with Crippen molar-refractivity contribution >= 4 is 34.0 Å². The zero-order valence-electron chi connectivity index (χ0n) is 21.0. The fraction of sp³-hybridized carbons (Fsp3) is 0.269. The van der Waals surface area contributed by atoms with E-state index in [0.717, 1.165) is 21.0 Å². The van der Waals surface area contributed by atoms with Crippen molar-refractivity contribution in [2.45, 2.75) is 26.8 Å². The van der Waals surface area contributed by atoms with Crippen molar-refractivity contribution < 1.29 is 23.7 Å². The molecule has 2 aromatic heterocycles. The molecule has 0 aliphatic carbocycles. The van der Waals surface area contributed by atoms with E-state index in [4.69, 9.17) is 18.9 Å². The molecule has 2 amide bonds. The molecule has 36 heavy (non-hydrogen) atoms. The van der Waals surface area contributed by atoms with Crippen LogP contribution in [0.2, 0.25) is 0 Å². The minimum absolute atomic E-state index is 0.230. The van der Waals surface area contributed by atoms with Crippen molar-refractivity contribution in [2.75, 3.05) is 26.6 Å². The number of pyridine rings is 1. The predicted molar refractivity (Wildman–Crippen MR) is 140 cm³/mol. The summed E-state index contributed by atoms with van der Waals surface area (Å²) in [6.45, 7) is 5.87. The Morgan fingerprint density at radius 2 is 1.67 bits per heavy atom. The average molecular weight is 509 g/mol. The molecule has 2 N–H and O–H groups in total. The molecule has 9 nitrogen and oxygen atoms in total. The smallest absolute Gasteiger partial charge is 0.319 e. The summed E-state index contributed by atoms with van der Waals surface area (Å²) in [4.78, 5) is 22.7. The van der Waals surface area contributed by atoms with Gasteiger partial charge in [-0.05, 0) is 45.0 Å². The second-order valence-electron chi connectivity index (χ2n) is 8.01. The summed E-state index contributed by atoms with van der Waals surface area (Å²) in [6, 6.07) is 9.98. The monoisotopic (exact) mass is 508 g/mol. The minimum Gasteiger partial charge on any atom is -0.494 e. The molecule has 0 radical (unpaired) electrons. The van der Waals surface area contributed by atoms with Crippen LogP contribution in [0.3, 0.4) is 0 Å². The largest absolute Gasteiger partial charge is 0.494 e. The topological polar surface area (TPSA) is 104 Å². The van der Waals surface area contributed by atoms with Crippen LogP contribution in [-0.4, -0.2) is 37.3 Å². The van der Waals surface area contributed by atoms with E-state index in [1.54, 1.807) is 62.1 Å². The van der Waals surface area contributed by atoms with Gasteiger partial charge in [0, 0.05) is 28.6 Å². The zero-order valence-corrected chi connectivity index (χ0v) is 21.8. The highest BCUT2D eigenvalue weighted by molar-refractivity contribution is 7.11. The fourth-order valence-electron chi connectivity index (χ4n) is 3.60. The first kappa shape index (κ1) is 25.1. The van der Waals surface area contributed by atoms with Crippen LogP contribution in [0.1, 0.15) is 28.5 Å². The fourth-order valence-corrected chi connectivity index (χ4v) is 4.53. The molecule has 0 spiro atoms. The number of hydrogen-bond acceptors (Lipinski definition) is 8. The van der Waals surface area contributed by atoms with Gasteiger partial charge in [-0.1, -0.05) is 0 Å². The van der Waals surface area contributed by atoms with Crippen molar-refractivity contribution in [3.05, 3.63) is 58.2 Å². The number of amides is 2. The predicted octanol–water partition coefficient (Wildman–Crippen LogP) is 6.01. The van der Waals surface area contributed by atoms with E-state index in [1.165, 1.54) is 7.11 Å². The number of thiazole rings is 1. The molecular formula is C26H28N4O5S. The van der Waals surface area contributed by atoms with Crippen LogP contribution in [0.5, 0.6) is 28.7 Å². The van der Waals surface area contributed by atoms with Gasteiger partial charge in [-0.2, -0.15) is 0 Å². The molecule has 188 valence electrons. The van der Waals surface area contributed by atoms with Gasteiger partial charge in [0.2, 0.25) is 0 Å². The number of aryl methyl sites for hydroxylation is 2. The number of anilines is 1. The van der Waals surface area contributed by atoms with Gasteiger partial charge in [-0.15, -0.1) is 11.3 Å². The molecule has 4 aromatic rings. The molecule has 2 aromatic carbocycles. The third kappa shape index (κ3) is 5.28. The number of methoxy groups -OCH3 is 3. The van der Waals surface area contributed by atoms with E-state index in [0.29, 0.717) is 40.0 Å². The highest BCUT2D eigenvalue weighted by Gasteiger charge is 2.17. The second kappa shape index (κ2) is 10.7. The Bertz CT molecular complexity index is 1390. The first-order valence-corrected chi connectivity index (χ1v) is 12.0. The number of nitrogens with zero attached hydrogens (tertiary/aromatic N) is 2. The molecule has 0 fully saturated rings. The molecule has 0 aliphatic heterocycles. The van der Waals surface area contributed by atoms with Crippen LogP contribution in [0.25, 0.3) is 10.9 Å². The number of nitrogens with one attached hydrogen (secondary N) is 2. The number of aromatic nitrogens is 2. The molecule has 0 saturated heterocycles. The molecule has 4 rings (SSSR count). The van der Waals surface area contributed by atoms with Crippen LogP contribution >= 0.6 is 11.3 Å². The Morgan fingerprint density at radius 3 is 2.33 bits per heavy atom. The number of fused-ring (bicyclic) bond motifs is 1. The van der Waals surface area contributed by atoms with Gasteiger partial charge in [0.15, 0.2) is 11.5 Å². The number of rotatable bonds is 8. The summed E-state index contributed by atoms with van der Waals surface area (Å²) in [5, 5.41) is 7.37. The molecule has 0 aliphatic rings. The van der Waals surface area contributed by atoms with Crippen LogP contribution in [0, 0.1) is 13.8 Å². The van der Waals surface area contributed by atoms with Crippen molar-refractivity contribution in [3.63, 3.8) is 0 Å². The van der Waals surface area contributed by atoms with E-state index in [1.807, 2.05) is 26.8 Å². The Balaban J connectivity index is 1.52. The lowest BCUT2D eigenvalue weighted by molar-refractivity contribution is 0.249. The van der Waals surface area contributed by atoms with Gasteiger partial charge in [-0.3, -0.25) is 4.98 Å². The first-order valence-electron chi connectivity index (χ1n) is 11.2. The minimum atomic E-state index is -0.360. The number of benzene rings is 2. The highest BCUT2D eigenvalue weighted by Crippen LogP contribution is 2.38. The van der Waals surface area contributed by atoms with E-state index in [2.05, 4.69) is 20.6 Å². The molecule has 0 bridgehead atoms. The maximum Gasteiger partial charge on any atom is 0.319 e. The van der Waals surface area contributed by atoms with Crippen LogP contribution in [-0.2, 0) is 0 Å². The van der Waals surface area contributed by atoms with Gasteiger partial charge in [0.25, 0.3) is 0 Å². The van der Waals surface area contributed by atoms with Gasteiger partial charge < -0.3 is 29.6 Å². The van der Waals surface area contributed by atoms with Gasteiger partial charge in [0.1, 0.15) is 22.3 Å². The standard InChI is InChI=1S/C26H28N4O5S/c1-14-16(3)36-25(28-14)15(2)29-26(31)30-19-8-7-17(11-22(19)32-4)35-21-9-10-27-20-13-24(34-6)23(33-5)12-18(20)21/h7-13,15H,1-6H3,(H2,29,30,31). The molecule has 1 atom stereocenters. The summed E-state index contributed by atoms with van der Waals surface area (Å²) >= 11 is 1.57. The SMILES string of the molecule is COc1cc(Oc2ccnc3cc(OC)c(OC)cc23)ccc1NC(=O)NC(C)c1nc(C)c(C)s1. The molecule has 0 saturated carbocycles. The van der Waals surface area contributed by atoms with E-state index >= 15 is 0 Å². The summed E-state index contributed by atoms with van der Waals surface area (Å²) in [7, 11) is 4.69. The number of ether oxygens (including phenoxy) is 4. The van der Waals surface area contributed by atoms with Crippen molar-refractivity contribution in [2.24, 2.45) is 0 Å². The molecule has 10 heteroatoms. The quantitative estimate of drug-likeness (QED) is 0.300. The maximum absolute atomic E-state index is 12.6. The third-order valence-electron chi connectivity index (χ3n) is 5.62. The van der Waals surface area contributed by atoms with Crippen molar-refractivity contribution in [1.82, 2.24) is 15.3 Å². The van der Waals surface area contributed by atoms with Crippen molar-refractivity contribution in [1.29, 1.82) is 0 Å². The van der Waals surface area contributed by atoms with E-state index in [-0.39, 0.29) is 12.1 Å². The Hall–Kier alpha value is -4.05. The summed E-state index contributed by atoms with van der Waals surface area (Å²) in [5.74, 6) is 2.73. The van der Waals surface area contributed by atoms with E-state index in [9.17, 15) is 4.79 Å². The average Bonchev–Trinajstić information content (AvgIpc) is 3.22. The van der Waals surface area contributed by atoms with Crippen LogP contribution in [0.4, 0.5) is 10.5 Å². The normalized spacial score (nSPS) is 11.6. The zero-order chi connectivity index (χ0) is 25.8. The molecule has 1 unspecified atom stereocenters. The third-order valence-corrected chi connectivity index (χ3v) is 6.87. The highest BCUT2D eigenvalue weighted by atomic mass is 32.1.